The number of hydrogen-bond acceptors (Lipinski definition) is 3. The molecule has 0 aliphatic carbocycles. The van der Waals surface area contributed by atoms with Crippen LogP contribution in [-0.4, -0.2) is 24.5 Å². The van der Waals surface area contributed by atoms with E-state index in [9.17, 15) is 14.4 Å². The number of aldehydes is 1. The summed E-state index contributed by atoms with van der Waals surface area (Å²) in [5.74, 6) is -1.13. The minimum Gasteiger partial charge on any atom is -0.301 e. The van der Waals surface area contributed by atoms with Gasteiger partial charge in [0.05, 0.1) is 17.8 Å². The summed E-state index contributed by atoms with van der Waals surface area (Å²) in [6, 6.07) is 3.61. The number of Topliss-reactive ketones (excluding diaryl/α,β-unsaturated/α-hetero) is 1. The molecule has 0 atom stereocenters. The molecule has 0 radical (unpaired) electrons. The van der Waals surface area contributed by atoms with Crippen molar-refractivity contribution < 1.29 is 14.4 Å². The second kappa shape index (κ2) is 3.56. The molecule has 1 aromatic carbocycles. The minimum atomic E-state index is -0.615. The van der Waals surface area contributed by atoms with E-state index < -0.39 is 11.7 Å². The minimum absolute atomic E-state index is 0.0690. The summed E-state index contributed by atoms with van der Waals surface area (Å²) in [5.41, 5.74) is 2.73. The summed E-state index contributed by atoms with van der Waals surface area (Å²) < 4.78 is 0. The van der Waals surface area contributed by atoms with Crippen LogP contribution in [-0.2, 0) is 9.59 Å². The van der Waals surface area contributed by atoms with Crippen LogP contribution < -0.4 is 4.90 Å². The van der Waals surface area contributed by atoms with E-state index in [2.05, 4.69) is 0 Å². The normalized spacial score (nSPS) is 14.2. The molecule has 0 aromatic heterocycles. The van der Waals surface area contributed by atoms with E-state index in [0.717, 1.165) is 11.1 Å². The Bertz CT molecular complexity index is 505. The fourth-order valence-electron chi connectivity index (χ4n) is 2.05. The lowest BCUT2D eigenvalue weighted by Crippen LogP contribution is -2.31. The van der Waals surface area contributed by atoms with Gasteiger partial charge in [-0.1, -0.05) is 6.07 Å². The monoisotopic (exact) mass is 217 g/mol. The Morgan fingerprint density at radius 3 is 2.56 bits per heavy atom. The van der Waals surface area contributed by atoms with E-state index in [-0.39, 0.29) is 6.54 Å². The number of anilines is 1. The molecule has 16 heavy (non-hydrogen) atoms. The van der Waals surface area contributed by atoms with Gasteiger partial charge in [-0.25, -0.2) is 0 Å². The van der Waals surface area contributed by atoms with Crippen molar-refractivity contribution in [2.24, 2.45) is 0 Å². The molecule has 0 spiro atoms. The Kier molecular flexibility index (Phi) is 2.34. The average molecular weight is 217 g/mol. The largest absolute Gasteiger partial charge is 0.301 e. The van der Waals surface area contributed by atoms with E-state index in [1.807, 2.05) is 13.0 Å². The van der Waals surface area contributed by atoms with Gasteiger partial charge >= 0.3 is 0 Å². The highest BCUT2D eigenvalue weighted by Crippen LogP contribution is 2.32. The lowest BCUT2D eigenvalue weighted by Gasteiger charge is -2.13. The number of fused-ring (bicyclic) bond motifs is 1. The predicted octanol–water partition coefficient (Wildman–Crippen LogP) is 1.03. The van der Waals surface area contributed by atoms with Crippen LogP contribution in [0.2, 0.25) is 0 Å². The maximum absolute atomic E-state index is 11.7. The highest BCUT2D eigenvalue weighted by atomic mass is 16.2. The third kappa shape index (κ3) is 1.34. The van der Waals surface area contributed by atoms with E-state index in [0.29, 0.717) is 17.5 Å². The standard InChI is InChI=1S/C12H11NO3/c1-7-5-8(2)10-9(6-7)13(3-4-14)12(16)11(10)15/h4-6H,3H2,1-2H3. The van der Waals surface area contributed by atoms with Crippen molar-refractivity contribution in [1.29, 1.82) is 0 Å². The van der Waals surface area contributed by atoms with Gasteiger partial charge in [0.2, 0.25) is 0 Å². The van der Waals surface area contributed by atoms with E-state index in [1.165, 1.54) is 4.90 Å². The molecular formula is C12H11NO3. The van der Waals surface area contributed by atoms with Gasteiger partial charge in [-0.05, 0) is 31.0 Å². The Hall–Kier alpha value is -1.97. The van der Waals surface area contributed by atoms with E-state index in [1.54, 1.807) is 13.0 Å². The Labute approximate surface area is 92.9 Å². The van der Waals surface area contributed by atoms with Crippen molar-refractivity contribution in [1.82, 2.24) is 0 Å². The first-order chi connectivity index (χ1) is 7.56. The molecule has 82 valence electrons. The van der Waals surface area contributed by atoms with E-state index >= 15 is 0 Å². The summed E-state index contributed by atoms with van der Waals surface area (Å²) in [6.07, 6.45) is 0.623. The molecular weight excluding hydrogens is 206 g/mol. The molecule has 0 N–H and O–H groups in total. The second-order valence-corrected chi connectivity index (χ2v) is 3.89. The van der Waals surface area contributed by atoms with Crippen molar-refractivity contribution in [3.8, 4) is 0 Å². The lowest BCUT2D eigenvalue weighted by atomic mass is 10.0. The van der Waals surface area contributed by atoms with Gasteiger partial charge in [-0.3, -0.25) is 14.5 Å². The average Bonchev–Trinajstić information content (AvgIpc) is 2.44. The Balaban J connectivity index is 2.65. The highest BCUT2D eigenvalue weighted by Gasteiger charge is 2.36. The SMILES string of the molecule is Cc1cc(C)c2c(c1)N(CC=O)C(=O)C2=O. The van der Waals surface area contributed by atoms with Gasteiger partial charge in [-0.2, -0.15) is 0 Å². The second-order valence-electron chi connectivity index (χ2n) is 3.89. The quantitative estimate of drug-likeness (QED) is 0.549. The zero-order chi connectivity index (χ0) is 11.9. The molecule has 4 nitrogen and oxygen atoms in total. The first-order valence-electron chi connectivity index (χ1n) is 4.97. The molecule has 0 bridgehead atoms. The molecule has 1 aliphatic heterocycles. The summed E-state index contributed by atoms with van der Waals surface area (Å²) in [5, 5.41) is 0. The van der Waals surface area contributed by atoms with Crippen molar-refractivity contribution in [3.05, 3.63) is 28.8 Å². The van der Waals surface area contributed by atoms with Crippen molar-refractivity contribution in [2.45, 2.75) is 13.8 Å². The number of benzene rings is 1. The van der Waals surface area contributed by atoms with Crippen molar-refractivity contribution >= 4 is 23.7 Å². The van der Waals surface area contributed by atoms with Crippen LogP contribution >= 0.6 is 0 Å². The number of nitrogens with zero attached hydrogens (tertiary/aromatic N) is 1. The molecule has 1 aromatic rings. The van der Waals surface area contributed by atoms with Crippen LogP contribution in [0.4, 0.5) is 5.69 Å². The van der Waals surface area contributed by atoms with Gasteiger partial charge in [0.15, 0.2) is 0 Å². The number of carbonyl (C=O) groups excluding carboxylic acids is 3. The van der Waals surface area contributed by atoms with Crippen LogP contribution in [0.25, 0.3) is 0 Å². The van der Waals surface area contributed by atoms with Gasteiger partial charge in [0.25, 0.3) is 11.7 Å². The topological polar surface area (TPSA) is 54.5 Å². The van der Waals surface area contributed by atoms with Crippen molar-refractivity contribution in [2.75, 3.05) is 11.4 Å². The van der Waals surface area contributed by atoms with E-state index in [4.69, 9.17) is 0 Å². The van der Waals surface area contributed by atoms with Gasteiger partial charge in [0, 0.05) is 0 Å². The molecule has 0 saturated carbocycles. The molecule has 0 unspecified atom stereocenters. The maximum Gasteiger partial charge on any atom is 0.299 e. The first kappa shape index (κ1) is 10.5. The van der Waals surface area contributed by atoms with Crippen LogP contribution in [0.1, 0.15) is 21.5 Å². The number of ketones is 1. The lowest BCUT2D eigenvalue weighted by molar-refractivity contribution is -0.115. The van der Waals surface area contributed by atoms with Crippen LogP contribution in [0, 0.1) is 13.8 Å². The number of aryl methyl sites for hydroxylation is 2. The molecule has 1 aliphatic rings. The number of amides is 1. The predicted molar refractivity (Wildman–Crippen MR) is 58.7 cm³/mol. The van der Waals surface area contributed by atoms with Gasteiger partial charge in [-0.15, -0.1) is 0 Å². The molecule has 1 amide bonds. The van der Waals surface area contributed by atoms with Crippen LogP contribution in [0.3, 0.4) is 0 Å². The van der Waals surface area contributed by atoms with Crippen molar-refractivity contribution in [3.63, 3.8) is 0 Å². The summed E-state index contributed by atoms with van der Waals surface area (Å²) in [6.45, 7) is 3.61. The van der Waals surface area contributed by atoms with Crippen LogP contribution in [0.5, 0.6) is 0 Å². The van der Waals surface area contributed by atoms with Gasteiger partial charge < -0.3 is 4.79 Å². The zero-order valence-electron chi connectivity index (χ0n) is 9.11. The third-order valence-corrected chi connectivity index (χ3v) is 2.67. The fraction of sp³-hybridized carbons (Fsp3) is 0.250. The number of hydrogen-bond donors (Lipinski definition) is 0. The van der Waals surface area contributed by atoms with Gasteiger partial charge in [0.1, 0.15) is 6.29 Å². The summed E-state index contributed by atoms with van der Waals surface area (Å²) in [7, 11) is 0. The third-order valence-electron chi connectivity index (χ3n) is 2.67. The Morgan fingerprint density at radius 1 is 1.25 bits per heavy atom. The molecule has 4 heteroatoms. The Morgan fingerprint density at radius 2 is 1.94 bits per heavy atom. The molecule has 2 rings (SSSR count). The fourth-order valence-corrected chi connectivity index (χ4v) is 2.05. The first-order valence-corrected chi connectivity index (χ1v) is 4.97. The van der Waals surface area contributed by atoms with Crippen LogP contribution in [0.15, 0.2) is 12.1 Å². The smallest absolute Gasteiger partial charge is 0.299 e. The molecule has 0 fully saturated rings. The number of carbonyl (C=O) groups is 3. The highest BCUT2D eigenvalue weighted by molar-refractivity contribution is 6.52. The summed E-state index contributed by atoms with van der Waals surface area (Å²) in [4.78, 5) is 35.1. The molecule has 1 heterocycles. The zero-order valence-corrected chi connectivity index (χ0v) is 9.11. The maximum atomic E-state index is 11.7. The molecule has 0 saturated heterocycles. The number of rotatable bonds is 2. The summed E-state index contributed by atoms with van der Waals surface area (Å²) >= 11 is 0.